The molecule has 86 valence electrons. The predicted octanol–water partition coefficient (Wildman–Crippen LogP) is 3.43. The van der Waals surface area contributed by atoms with Crippen molar-refractivity contribution in [1.29, 1.82) is 0 Å². The summed E-state index contributed by atoms with van der Waals surface area (Å²) in [6, 6.07) is 10.5. The Morgan fingerprint density at radius 2 is 1.69 bits per heavy atom. The number of para-hydroxylation sites is 1. The van der Waals surface area contributed by atoms with Crippen LogP contribution in [0.5, 0.6) is 0 Å². The van der Waals surface area contributed by atoms with Crippen molar-refractivity contribution in [3.05, 3.63) is 42.1 Å². The molecule has 0 aromatic heterocycles. The Balaban J connectivity index is 2.09. The quantitative estimate of drug-likeness (QED) is 0.714. The molecule has 0 saturated heterocycles. The molecule has 2 nitrogen and oxygen atoms in total. The number of allylic oxidation sites excluding steroid dienone is 2. The first-order chi connectivity index (χ1) is 7.79. The summed E-state index contributed by atoms with van der Waals surface area (Å²) in [7, 11) is 4.26. The predicted molar refractivity (Wildman–Crippen MR) is 69.2 cm³/mol. The number of hydrogen-bond acceptors (Lipinski definition) is 2. The van der Waals surface area contributed by atoms with E-state index in [1.54, 1.807) is 0 Å². The Morgan fingerprint density at radius 3 is 2.31 bits per heavy atom. The van der Waals surface area contributed by atoms with E-state index in [0.29, 0.717) is 0 Å². The van der Waals surface area contributed by atoms with Gasteiger partial charge in [0.05, 0.1) is 5.69 Å². The Kier molecular flexibility index (Phi) is 3.50. The number of hydrazine groups is 1. The second-order valence-electron chi connectivity index (χ2n) is 4.32. The third-order valence-corrected chi connectivity index (χ3v) is 3.26. The van der Waals surface area contributed by atoms with Crippen LogP contribution >= 0.6 is 0 Å². The number of nitrogens with zero attached hydrogens (tertiary/aromatic N) is 2. The van der Waals surface area contributed by atoms with Crippen molar-refractivity contribution in [2.45, 2.75) is 25.7 Å². The van der Waals surface area contributed by atoms with E-state index in [1.165, 1.54) is 37.1 Å². The molecule has 0 aliphatic heterocycles. The smallest absolute Gasteiger partial charge is 0.0570 e. The molecular formula is C14H20N2. The highest BCUT2D eigenvalue weighted by Crippen LogP contribution is 2.23. The van der Waals surface area contributed by atoms with Crippen molar-refractivity contribution in [1.82, 2.24) is 5.01 Å². The molecular weight excluding hydrogens is 196 g/mol. The lowest BCUT2D eigenvalue weighted by atomic mass is 10.0. The highest BCUT2D eigenvalue weighted by molar-refractivity contribution is 5.44. The van der Waals surface area contributed by atoms with Gasteiger partial charge in [0.15, 0.2) is 0 Å². The van der Waals surface area contributed by atoms with Gasteiger partial charge in [-0.05, 0) is 37.8 Å². The zero-order chi connectivity index (χ0) is 11.4. The standard InChI is InChI=1S/C14H20N2/c1-15(13-9-5-3-6-10-13)16(2)14-11-7-4-8-12-14/h3,5-6,9-11H,4,7-8,12H2,1-2H3. The first-order valence-corrected chi connectivity index (χ1v) is 6.00. The molecule has 1 aliphatic rings. The molecule has 0 fully saturated rings. The van der Waals surface area contributed by atoms with E-state index in [-0.39, 0.29) is 0 Å². The number of rotatable bonds is 3. The van der Waals surface area contributed by atoms with Crippen molar-refractivity contribution in [2.24, 2.45) is 0 Å². The topological polar surface area (TPSA) is 6.48 Å². The maximum absolute atomic E-state index is 2.36. The van der Waals surface area contributed by atoms with Crippen molar-refractivity contribution in [3.63, 3.8) is 0 Å². The van der Waals surface area contributed by atoms with Crippen LogP contribution in [0.2, 0.25) is 0 Å². The molecule has 2 heteroatoms. The summed E-state index contributed by atoms with van der Waals surface area (Å²) in [5, 5.41) is 4.46. The molecule has 0 saturated carbocycles. The first-order valence-electron chi connectivity index (χ1n) is 6.00. The minimum Gasteiger partial charge on any atom is -0.293 e. The summed E-state index contributed by atoms with van der Waals surface area (Å²) < 4.78 is 0. The normalized spacial score (nSPS) is 15.5. The molecule has 0 N–H and O–H groups in total. The SMILES string of the molecule is CN(C1=CCCCC1)N(C)c1ccccc1. The van der Waals surface area contributed by atoms with Crippen LogP contribution in [0.1, 0.15) is 25.7 Å². The van der Waals surface area contributed by atoms with Gasteiger partial charge in [0.2, 0.25) is 0 Å². The number of anilines is 1. The van der Waals surface area contributed by atoms with E-state index in [9.17, 15) is 0 Å². The lowest BCUT2D eigenvalue weighted by Crippen LogP contribution is -2.36. The summed E-state index contributed by atoms with van der Waals surface area (Å²) in [5.74, 6) is 0. The van der Waals surface area contributed by atoms with E-state index >= 15 is 0 Å². The van der Waals surface area contributed by atoms with E-state index in [2.05, 4.69) is 60.5 Å². The van der Waals surface area contributed by atoms with Crippen LogP contribution in [0, 0.1) is 0 Å². The van der Waals surface area contributed by atoms with Crippen LogP contribution in [0.25, 0.3) is 0 Å². The molecule has 0 radical (unpaired) electrons. The molecule has 0 unspecified atom stereocenters. The van der Waals surface area contributed by atoms with Gasteiger partial charge in [-0.2, -0.15) is 0 Å². The van der Waals surface area contributed by atoms with Crippen molar-refractivity contribution < 1.29 is 0 Å². The minimum atomic E-state index is 1.20. The lowest BCUT2D eigenvalue weighted by molar-refractivity contribution is 0.376. The average Bonchev–Trinajstić information content (AvgIpc) is 2.39. The van der Waals surface area contributed by atoms with E-state index in [0.717, 1.165) is 0 Å². The fourth-order valence-electron chi connectivity index (χ4n) is 2.12. The molecule has 0 spiro atoms. The van der Waals surface area contributed by atoms with Crippen molar-refractivity contribution in [2.75, 3.05) is 19.1 Å². The molecule has 0 heterocycles. The van der Waals surface area contributed by atoms with Crippen molar-refractivity contribution >= 4 is 5.69 Å². The van der Waals surface area contributed by atoms with Crippen LogP contribution in [0.3, 0.4) is 0 Å². The fourth-order valence-corrected chi connectivity index (χ4v) is 2.12. The molecule has 1 aromatic rings. The van der Waals surface area contributed by atoms with Crippen LogP contribution in [0.15, 0.2) is 42.1 Å². The number of benzene rings is 1. The molecule has 1 aliphatic carbocycles. The molecule has 0 bridgehead atoms. The van der Waals surface area contributed by atoms with Gasteiger partial charge in [-0.1, -0.05) is 24.3 Å². The second-order valence-corrected chi connectivity index (χ2v) is 4.32. The van der Waals surface area contributed by atoms with Gasteiger partial charge in [0.25, 0.3) is 0 Å². The zero-order valence-corrected chi connectivity index (χ0v) is 10.2. The Labute approximate surface area is 98.1 Å². The van der Waals surface area contributed by atoms with Gasteiger partial charge in [-0.3, -0.25) is 10.0 Å². The first kappa shape index (κ1) is 11.1. The average molecular weight is 216 g/mol. The van der Waals surface area contributed by atoms with Crippen LogP contribution < -0.4 is 5.01 Å². The minimum absolute atomic E-state index is 1.20. The van der Waals surface area contributed by atoms with Gasteiger partial charge < -0.3 is 0 Å². The summed E-state index contributed by atoms with van der Waals surface area (Å²) in [5.41, 5.74) is 2.68. The second kappa shape index (κ2) is 5.06. The highest BCUT2D eigenvalue weighted by atomic mass is 15.6. The van der Waals surface area contributed by atoms with Gasteiger partial charge in [-0.25, -0.2) is 0 Å². The van der Waals surface area contributed by atoms with E-state index in [4.69, 9.17) is 0 Å². The van der Waals surface area contributed by atoms with Gasteiger partial charge >= 0.3 is 0 Å². The van der Waals surface area contributed by atoms with Crippen molar-refractivity contribution in [3.8, 4) is 0 Å². The summed E-state index contributed by atoms with van der Waals surface area (Å²) >= 11 is 0. The van der Waals surface area contributed by atoms with E-state index in [1.807, 2.05) is 0 Å². The maximum Gasteiger partial charge on any atom is 0.0570 e. The highest BCUT2D eigenvalue weighted by Gasteiger charge is 2.12. The largest absolute Gasteiger partial charge is 0.293 e. The zero-order valence-electron chi connectivity index (χ0n) is 10.2. The Morgan fingerprint density at radius 1 is 0.938 bits per heavy atom. The molecule has 0 atom stereocenters. The summed E-state index contributed by atoms with van der Waals surface area (Å²) in [4.78, 5) is 0. The fraction of sp³-hybridized carbons (Fsp3) is 0.429. The summed E-state index contributed by atoms with van der Waals surface area (Å²) in [6.45, 7) is 0. The van der Waals surface area contributed by atoms with E-state index < -0.39 is 0 Å². The molecule has 0 amide bonds. The monoisotopic (exact) mass is 216 g/mol. The van der Waals surface area contributed by atoms with Gasteiger partial charge in [-0.15, -0.1) is 0 Å². The summed E-state index contributed by atoms with van der Waals surface area (Å²) in [6.07, 6.45) is 7.45. The number of hydrogen-bond donors (Lipinski definition) is 0. The van der Waals surface area contributed by atoms with Gasteiger partial charge in [0, 0.05) is 19.8 Å². The lowest BCUT2D eigenvalue weighted by Gasteiger charge is -2.35. The maximum atomic E-state index is 2.36. The molecule has 1 aromatic carbocycles. The third-order valence-electron chi connectivity index (χ3n) is 3.26. The Hall–Kier alpha value is -1.44. The molecule has 2 rings (SSSR count). The van der Waals surface area contributed by atoms with Crippen LogP contribution in [0.4, 0.5) is 5.69 Å². The molecule has 16 heavy (non-hydrogen) atoms. The van der Waals surface area contributed by atoms with Crippen LogP contribution in [-0.4, -0.2) is 19.1 Å². The Bertz CT molecular complexity index is 356. The van der Waals surface area contributed by atoms with Crippen LogP contribution in [-0.2, 0) is 0 Å². The third kappa shape index (κ3) is 2.38. The van der Waals surface area contributed by atoms with Gasteiger partial charge in [0.1, 0.15) is 0 Å².